The van der Waals surface area contributed by atoms with Crippen LogP contribution in [0.15, 0.2) is 18.2 Å². The van der Waals surface area contributed by atoms with Crippen LogP contribution in [0.25, 0.3) is 0 Å². The number of hydrogen-bond donors (Lipinski definition) is 1. The summed E-state index contributed by atoms with van der Waals surface area (Å²) < 4.78 is 0. The maximum absolute atomic E-state index is 11.0. The van der Waals surface area contributed by atoms with Crippen molar-refractivity contribution < 1.29 is 4.79 Å². The third-order valence-corrected chi connectivity index (χ3v) is 2.08. The van der Waals surface area contributed by atoms with Crippen LogP contribution in [0.1, 0.15) is 5.56 Å². The van der Waals surface area contributed by atoms with Gasteiger partial charge in [0.25, 0.3) is 0 Å². The lowest BCUT2D eigenvalue weighted by Crippen LogP contribution is -2.05. The van der Waals surface area contributed by atoms with Gasteiger partial charge >= 0.3 is 0 Å². The summed E-state index contributed by atoms with van der Waals surface area (Å²) in [5.74, 6) is -0.0132. The lowest BCUT2D eigenvalue weighted by Gasteiger charge is -2.25. The second kappa shape index (κ2) is 2.74. The monoisotopic (exact) mass is 177 g/mol. The number of hydrogen-bond acceptors (Lipinski definition) is 3. The highest BCUT2D eigenvalue weighted by molar-refractivity contribution is 5.99. The first kappa shape index (κ1) is 8.07. The van der Waals surface area contributed by atoms with E-state index in [0.717, 1.165) is 16.3 Å². The quantitative estimate of drug-likeness (QED) is 0.654. The molecule has 0 bridgehead atoms. The first-order chi connectivity index (χ1) is 6.16. The summed E-state index contributed by atoms with van der Waals surface area (Å²) in [4.78, 5) is 11.0. The van der Waals surface area contributed by atoms with Crippen molar-refractivity contribution in [1.29, 1.82) is 0 Å². The molecule has 2 rings (SSSR count). The number of fused-ring (bicyclic) bond motifs is 1. The predicted molar refractivity (Wildman–Crippen MR) is 50.5 cm³/mol. The zero-order chi connectivity index (χ0) is 9.42. The molecule has 13 heavy (non-hydrogen) atoms. The van der Waals surface area contributed by atoms with E-state index in [2.05, 4.69) is 5.32 Å². The Morgan fingerprint density at radius 2 is 2.31 bits per heavy atom. The smallest absolute Gasteiger partial charge is 0.228 e. The fraction of sp³-hybridized carbons (Fsp3) is 0.222. The van der Waals surface area contributed by atoms with Gasteiger partial charge < -0.3 is 15.6 Å². The van der Waals surface area contributed by atoms with Crippen LogP contribution in [-0.2, 0) is 11.2 Å². The SMILES string of the molecule is CN([O-])c1ccc2c(c1)CC(=O)N2. The first-order valence-corrected chi connectivity index (χ1v) is 4.00. The summed E-state index contributed by atoms with van der Waals surface area (Å²) in [5, 5.41) is 14.4. The molecule has 1 aromatic rings. The number of benzene rings is 1. The van der Waals surface area contributed by atoms with Crippen molar-refractivity contribution in [2.45, 2.75) is 6.42 Å². The van der Waals surface area contributed by atoms with Crippen molar-refractivity contribution >= 4 is 17.3 Å². The molecule has 1 aliphatic rings. The molecule has 68 valence electrons. The Hall–Kier alpha value is -1.55. The van der Waals surface area contributed by atoms with Gasteiger partial charge in [0, 0.05) is 11.4 Å². The van der Waals surface area contributed by atoms with Crippen LogP contribution in [0, 0.1) is 5.21 Å². The van der Waals surface area contributed by atoms with Crippen molar-refractivity contribution in [2.75, 3.05) is 17.4 Å². The minimum atomic E-state index is -0.0132. The topological polar surface area (TPSA) is 55.4 Å². The van der Waals surface area contributed by atoms with Crippen LogP contribution in [0.5, 0.6) is 0 Å². The number of carbonyl (C=O) groups is 1. The van der Waals surface area contributed by atoms with Crippen LogP contribution < -0.4 is 10.4 Å². The second-order valence-corrected chi connectivity index (χ2v) is 3.06. The number of nitrogens with zero attached hydrogens (tertiary/aromatic N) is 1. The van der Waals surface area contributed by atoms with Crippen LogP contribution in [0.2, 0.25) is 0 Å². The van der Waals surface area contributed by atoms with E-state index in [1.807, 2.05) is 0 Å². The number of carbonyl (C=O) groups excluding carboxylic acids is 1. The average molecular weight is 177 g/mol. The van der Waals surface area contributed by atoms with E-state index < -0.39 is 0 Å². The number of amides is 1. The van der Waals surface area contributed by atoms with Gasteiger partial charge in [-0.15, -0.1) is 0 Å². The lowest BCUT2D eigenvalue weighted by atomic mass is 10.1. The summed E-state index contributed by atoms with van der Waals surface area (Å²) in [5.41, 5.74) is 2.29. The molecular formula is C9H9N2O2-. The van der Waals surface area contributed by atoms with Gasteiger partial charge in [-0.3, -0.25) is 4.79 Å². The van der Waals surface area contributed by atoms with E-state index >= 15 is 0 Å². The largest absolute Gasteiger partial charge is 0.758 e. The maximum Gasteiger partial charge on any atom is 0.228 e. The standard InChI is InChI=1S/C9H9N2O2/c1-11(13)7-2-3-8-6(4-7)5-9(12)10-8/h2-4H,5H2,1H3,(H,10,12)/q-1. The molecule has 0 saturated heterocycles. The molecule has 1 amide bonds. The van der Waals surface area contributed by atoms with Crippen LogP contribution in [-0.4, -0.2) is 13.0 Å². The Balaban J connectivity index is 2.40. The van der Waals surface area contributed by atoms with Gasteiger partial charge in [-0.1, -0.05) is 0 Å². The van der Waals surface area contributed by atoms with Gasteiger partial charge in [-0.05, 0) is 30.8 Å². The van der Waals surface area contributed by atoms with Crippen LogP contribution in [0.4, 0.5) is 11.4 Å². The fourth-order valence-electron chi connectivity index (χ4n) is 1.41. The van der Waals surface area contributed by atoms with Gasteiger partial charge in [0.2, 0.25) is 5.91 Å². The molecule has 0 atom stereocenters. The third kappa shape index (κ3) is 1.36. The van der Waals surface area contributed by atoms with Crippen molar-refractivity contribution in [3.63, 3.8) is 0 Å². The highest BCUT2D eigenvalue weighted by atomic mass is 16.5. The normalized spacial score (nSPS) is 13.8. The molecule has 4 heteroatoms. The van der Waals surface area contributed by atoms with Crippen LogP contribution in [0.3, 0.4) is 0 Å². The molecule has 1 heterocycles. The van der Waals surface area contributed by atoms with Gasteiger partial charge in [-0.25, -0.2) is 0 Å². The average Bonchev–Trinajstić information content (AvgIpc) is 2.42. The van der Waals surface area contributed by atoms with E-state index in [9.17, 15) is 10.0 Å². The van der Waals surface area contributed by atoms with Gasteiger partial charge in [-0.2, -0.15) is 0 Å². The van der Waals surface area contributed by atoms with E-state index in [1.165, 1.54) is 7.05 Å². The molecule has 0 fully saturated rings. The predicted octanol–water partition coefficient (Wildman–Crippen LogP) is 1.12. The number of hydroxylamine groups is 1. The van der Waals surface area contributed by atoms with E-state index in [4.69, 9.17) is 0 Å². The first-order valence-electron chi connectivity index (χ1n) is 4.00. The Labute approximate surface area is 75.7 Å². The van der Waals surface area contributed by atoms with Gasteiger partial charge in [0.05, 0.1) is 6.42 Å². The maximum atomic E-state index is 11.0. The minimum absolute atomic E-state index is 0.0132. The Morgan fingerprint density at radius 1 is 1.54 bits per heavy atom. The highest BCUT2D eigenvalue weighted by Gasteiger charge is 2.17. The summed E-state index contributed by atoms with van der Waals surface area (Å²) in [6.07, 6.45) is 0.372. The van der Waals surface area contributed by atoms with Crippen molar-refractivity contribution in [2.24, 2.45) is 0 Å². The minimum Gasteiger partial charge on any atom is -0.758 e. The Bertz CT molecular complexity index is 361. The van der Waals surface area contributed by atoms with E-state index in [0.29, 0.717) is 12.1 Å². The molecule has 0 aliphatic carbocycles. The van der Waals surface area contributed by atoms with E-state index in [-0.39, 0.29) is 5.91 Å². The van der Waals surface area contributed by atoms with Gasteiger partial charge in [0.1, 0.15) is 0 Å². The number of anilines is 2. The molecule has 0 radical (unpaired) electrons. The van der Waals surface area contributed by atoms with Crippen LogP contribution >= 0.6 is 0 Å². The second-order valence-electron chi connectivity index (χ2n) is 3.06. The Morgan fingerprint density at radius 3 is 3.00 bits per heavy atom. The zero-order valence-corrected chi connectivity index (χ0v) is 7.20. The molecule has 0 spiro atoms. The third-order valence-electron chi connectivity index (χ3n) is 2.08. The van der Waals surface area contributed by atoms with Gasteiger partial charge in [0.15, 0.2) is 0 Å². The summed E-state index contributed by atoms with van der Waals surface area (Å²) in [6, 6.07) is 5.18. The van der Waals surface area contributed by atoms with Crippen molar-refractivity contribution in [3.05, 3.63) is 29.0 Å². The highest BCUT2D eigenvalue weighted by Crippen LogP contribution is 2.26. The molecule has 0 aromatic heterocycles. The Kier molecular flexibility index (Phi) is 1.70. The summed E-state index contributed by atoms with van der Waals surface area (Å²) >= 11 is 0. The van der Waals surface area contributed by atoms with Crippen molar-refractivity contribution in [1.82, 2.24) is 0 Å². The molecule has 1 aliphatic heterocycles. The number of nitrogens with one attached hydrogen (secondary N) is 1. The molecule has 4 nitrogen and oxygen atoms in total. The lowest BCUT2D eigenvalue weighted by molar-refractivity contribution is -0.115. The molecule has 1 aromatic carbocycles. The number of rotatable bonds is 1. The summed E-state index contributed by atoms with van der Waals surface area (Å²) in [7, 11) is 1.44. The summed E-state index contributed by atoms with van der Waals surface area (Å²) in [6.45, 7) is 0. The molecular weight excluding hydrogens is 168 g/mol. The molecule has 0 saturated carbocycles. The zero-order valence-electron chi connectivity index (χ0n) is 7.20. The molecule has 0 unspecified atom stereocenters. The van der Waals surface area contributed by atoms with E-state index in [1.54, 1.807) is 18.2 Å². The molecule has 1 N–H and O–H groups in total. The fourth-order valence-corrected chi connectivity index (χ4v) is 1.41. The van der Waals surface area contributed by atoms with Crippen molar-refractivity contribution in [3.8, 4) is 0 Å².